The van der Waals surface area contributed by atoms with Crippen LogP contribution in [0.3, 0.4) is 0 Å². The highest BCUT2D eigenvalue weighted by molar-refractivity contribution is 5.70. The van der Waals surface area contributed by atoms with E-state index in [9.17, 15) is 14.7 Å². The minimum Gasteiger partial charge on any atom is -0.462 e. The van der Waals surface area contributed by atoms with Crippen molar-refractivity contribution in [1.82, 2.24) is 0 Å². The van der Waals surface area contributed by atoms with Gasteiger partial charge in [-0.25, -0.2) is 0 Å². The van der Waals surface area contributed by atoms with E-state index in [0.29, 0.717) is 12.8 Å². The van der Waals surface area contributed by atoms with Gasteiger partial charge in [0.2, 0.25) is 0 Å². The number of allylic oxidation sites excluding steroid dienone is 14. The molecule has 0 radical (unpaired) electrons. The number of rotatable bonds is 57. The van der Waals surface area contributed by atoms with Crippen LogP contribution < -0.4 is 0 Å². The molecule has 0 aromatic carbocycles. The van der Waals surface area contributed by atoms with Gasteiger partial charge in [-0.05, 0) is 89.9 Å². The Bertz CT molecular complexity index is 1320. The molecule has 72 heavy (non-hydrogen) atoms. The van der Waals surface area contributed by atoms with Gasteiger partial charge < -0.3 is 14.6 Å². The highest BCUT2D eigenvalue weighted by atomic mass is 16.6. The van der Waals surface area contributed by atoms with E-state index >= 15 is 0 Å². The van der Waals surface area contributed by atoms with Crippen LogP contribution in [0.5, 0.6) is 0 Å². The molecular weight excluding hydrogens is 885 g/mol. The first kappa shape index (κ1) is 69.1. The van der Waals surface area contributed by atoms with Gasteiger partial charge in [0, 0.05) is 12.8 Å². The van der Waals surface area contributed by atoms with Crippen LogP contribution in [0.2, 0.25) is 0 Å². The zero-order chi connectivity index (χ0) is 52.0. The first-order valence-electron chi connectivity index (χ1n) is 31.1. The summed E-state index contributed by atoms with van der Waals surface area (Å²) in [6, 6.07) is 0. The van der Waals surface area contributed by atoms with E-state index in [1.54, 1.807) is 0 Å². The highest BCUT2D eigenvalue weighted by Gasteiger charge is 2.16. The number of aliphatic hydroxyl groups excluding tert-OH is 1. The molecule has 0 rings (SSSR count). The van der Waals surface area contributed by atoms with Crippen molar-refractivity contribution in [2.45, 2.75) is 315 Å². The number of ether oxygens (including phenoxy) is 2. The monoisotopic (exact) mass is 1000 g/mol. The van der Waals surface area contributed by atoms with Crippen molar-refractivity contribution in [2.24, 2.45) is 0 Å². The molecule has 0 aliphatic rings. The lowest BCUT2D eigenvalue weighted by molar-refractivity contribution is -0.161. The van der Waals surface area contributed by atoms with E-state index in [1.807, 2.05) is 0 Å². The number of carbonyl (C=O) groups excluding carboxylic acids is 2. The maximum absolute atomic E-state index is 12.3. The maximum Gasteiger partial charge on any atom is 0.306 e. The molecule has 0 fully saturated rings. The quantitative estimate of drug-likeness (QED) is 0.0373. The topological polar surface area (TPSA) is 72.8 Å². The van der Waals surface area contributed by atoms with E-state index in [2.05, 4.69) is 98.9 Å². The summed E-state index contributed by atoms with van der Waals surface area (Å²) in [6.07, 6.45) is 87.2. The van der Waals surface area contributed by atoms with Gasteiger partial charge in [-0.15, -0.1) is 0 Å². The van der Waals surface area contributed by atoms with Crippen LogP contribution in [0.1, 0.15) is 309 Å². The predicted molar refractivity (Wildman–Crippen MR) is 316 cm³/mol. The van der Waals surface area contributed by atoms with Crippen LogP contribution in [-0.2, 0) is 19.1 Å². The van der Waals surface area contributed by atoms with Gasteiger partial charge >= 0.3 is 11.9 Å². The van der Waals surface area contributed by atoms with Crippen molar-refractivity contribution in [3.63, 3.8) is 0 Å². The summed E-state index contributed by atoms with van der Waals surface area (Å²) in [5, 5.41) is 9.68. The van der Waals surface area contributed by atoms with E-state index < -0.39 is 6.10 Å². The van der Waals surface area contributed by atoms with E-state index in [-0.39, 0.29) is 25.2 Å². The van der Waals surface area contributed by atoms with Gasteiger partial charge in [0.1, 0.15) is 6.61 Å². The van der Waals surface area contributed by atoms with Crippen LogP contribution in [0.4, 0.5) is 0 Å². The highest BCUT2D eigenvalue weighted by Crippen LogP contribution is 2.17. The Balaban J connectivity index is 3.48. The van der Waals surface area contributed by atoms with Gasteiger partial charge in [-0.2, -0.15) is 0 Å². The SMILES string of the molecule is CC/C=C\C/C=C\C/C=C\C/C=C\C/C=C\C/C=C\CCCCCCCCCCCCC(=O)OC(CO)COC(=O)CCCCCCCCCCCCCCCCCCC/C=C\CCCCCCCCCC. The standard InChI is InChI=1S/C67H118O5/c1-3-5-7-9-11-13-15-17-19-21-23-25-27-29-31-33-35-37-39-41-43-45-47-49-51-53-55-57-59-61-66(69)71-64-65(63-68)72-67(70)62-60-58-56-54-52-50-48-46-44-42-40-38-36-34-32-30-28-26-24-22-20-18-16-14-12-10-8-6-4-2/h6,8,12,14,18,20-21,23-24,26,30,32,36,38,65,68H,3-5,7,9-11,13,15-17,19,22,25,27-29,31,33-35,37,39-64H2,1-2H3/b8-6-,14-12-,20-18-,23-21-,26-24-,32-30-,38-36-. The summed E-state index contributed by atoms with van der Waals surface area (Å²) in [5.74, 6) is -0.587. The van der Waals surface area contributed by atoms with Crippen LogP contribution in [0, 0.1) is 0 Å². The van der Waals surface area contributed by atoms with Crippen LogP contribution in [0.25, 0.3) is 0 Å². The number of esters is 2. The Hall–Kier alpha value is -2.92. The summed E-state index contributed by atoms with van der Waals surface area (Å²) >= 11 is 0. The van der Waals surface area contributed by atoms with Gasteiger partial charge in [-0.1, -0.05) is 292 Å². The molecule has 416 valence electrons. The summed E-state index contributed by atoms with van der Waals surface area (Å²) < 4.78 is 10.7. The first-order valence-corrected chi connectivity index (χ1v) is 31.1. The molecule has 0 saturated carbocycles. The fraction of sp³-hybridized carbons (Fsp3) is 0.761. The zero-order valence-corrected chi connectivity index (χ0v) is 47.7. The average molecular weight is 1000 g/mol. The predicted octanol–water partition coefficient (Wildman–Crippen LogP) is 21.3. The molecule has 0 aliphatic carbocycles. The maximum atomic E-state index is 12.3. The summed E-state index contributed by atoms with van der Waals surface area (Å²) in [6.45, 7) is 4.05. The van der Waals surface area contributed by atoms with Crippen molar-refractivity contribution >= 4 is 11.9 Å². The van der Waals surface area contributed by atoms with Gasteiger partial charge in [0.15, 0.2) is 6.10 Å². The summed E-state index contributed by atoms with van der Waals surface area (Å²) in [7, 11) is 0. The Kier molecular flexibility index (Phi) is 59.8. The van der Waals surface area contributed by atoms with Gasteiger partial charge in [0.05, 0.1) is 6.61 Å². The Morgan fingerprint density at radius 2 is 0.597 bits per heavy atom. The molecule has 1 N–H and O–H groups in total. The van der Waals surface area contributed by atoms with E-state index in [4.69, 9.17) is 9.47 Å². The lowest BCUT2D eigenvalue weighted by atomic mass is 10.0. The lowest BCUT2D eigenvalue weighted by Gasteiger charge is -2.15. The molecule has 5 heteroatoms. The molecule has 0 spiro atoms. The Morgan fingerprint density at radius 1 is 0.333 bits per heavy atom. The number of hydrogen-bond donors (Lipinski definition) is 1. The largest absolute Gasteiger partial charge is 0.462 e. The first-order chi connectivity index (χ1) is 35.6. The second-order valence-corrected chi connectivity index (χ2v) is 20.8. The molecule has 5 nitrogen and oxygen atoms in total. The number of aliphatic hydroxyl groups is 1. The Labute approximate surface area is 447 Å². The molecule has 0 heterocycles. The third-order valence-corrected chi connectivity index (χ3v) is 13.7. The Morgan fingerprint density at radius 3 is 0.917 bits per heavy atom. The molecule has 0 aliphatic heterocycles. The second-order valence-electron chi connectivity index (χ2n) is 20.8. The minimum atomic E-state index is -0.779. The van der Waals surface area contributed by atoms with E-state index in [0.717, 1.165) is 77.0 Å². The molecule has 0 aromatic heterocycles. The normalized spacial score (nSPS) is 12.8. The smallest absolute Gasteiger partial charge is 0.306 e. The molecule has 0 saturated heterocycles. The summed E-state index contributed by atoms with van der Waals surface area (Å²) in [4.78, 5) is 24.6. The van der Waals surface area contributed by atoms with Crippen LogP contribution in [0.15, 0.2) is 85.1 Å². The van der Waals surface area contributed by atoms with Crippen molar-refractivity contribution in [2.75, 3.05) is 13.2 Å². The van der Waals surface area contributed by atoms with Gasteiger partial charge in [-0.3, -0.25) is 9.59 Å². The van der Waals surface area contributed by atoms with Gasteiger partial charge in [0.25, 0.3) is 0 Å². The van der Waals surface area contributed by atoms with E-state index in [1.165, 1.54) is 205 Å². The third kappa shape index (κ3) is 59.6. The molecule has 0 bridgehead atoms. The molecular formula is C67H118O5. The fourth-order valence-electron chi connectivity index (χ4n) is 9.03. The molecule has 1 unspecified atom stereocenters. The molecule has 0 amide bonds. The average Bonchev–Trinajstić information content (AvgIpc) is 3.38. The lowest BCUT2D eigenvalue weighted by Crippen LogP contribution is -2.28. The molecule has 0 aromatic rings. The van der Waals surface area contributed by atoms with Crippen molar-refractivity contribution in [1.29, 1.82) is 0 Å². The van der Waals surface area contributed by atoms with Crippen LogP contribution in [-0.4, -0.2) is 36.4 Å². The third-order valence-electron chi connectivity index (χ3n) is 13.7. The second kappa shape index (κ2) is 62.4. The minimum absolute atomic E-state index is 0.0681. The fourth-order valence-corrected chi connectivity index (χ4v) is 9.03. The number of carbonyl (C=O) groups is 2. The summed E-state index contributed by atoms with van der Waals surface area (Å²) in [5.41, 5.74) is 0. The number of unbranched alkanes of at least 4 members (excludes halogenated alkanes) is 35. The molecule has 1 atom stereocenters. The van der Waals surface area contributed by atoms with Crippen LogP contribution >= 0.6 is 0 Å². The zero-order valence-electron chi connectivity index (χ0n) is 47.7. The number of hydrogen-bond acceptors (Lipinski definition) is 5. The van der Waals surface area contributed by atoms with Crippen molar-refractivity contribution < 1.29 is 24.2 Å². The van der Waals surface area contributed by atoms with Crippen molar-refractivity contribution in [3.05, 3.63) is 85.1 Å². The van der Waals surface area contributed by atoms with Crippen molar-refractivity contribution in [3.8, 4) is 0 Å².